The molecule has 3 aromatic rings. The molecule has 31 heavy (non-hydrogen) atoms. The second kappa shape index (κ2) is 9.05. The summed E-state index contributed by atoms with van der Waals surface area (Å²) in [6.07, 6.45) is 13.4. The zero-order valence-corrected chi connectivity index (χ0v) is 18.1. The van der Waals surface area contributed by atoms with Gasteiger partial charge in [-0.1, -0.05) is 92.8 Å². The van der Waals surface area contributed by atoms with Crippen LogP contribution in [0.15, 0.2) is 65.5 Å². The minimum atomic E-state index is 0.147. The molecule has 0 radical (unpaired) electrons. The van der Waals surface area contributed by atoms with E-state index in [2.05, 4.69) is 54.6 Å². The molecule has 0 amide bonds. The number of benzene rings is 2. The molecule has 2 aliphatic carbocycles. The van der Waals surface area contributed by atoms with Gasteiger partial charge in [-0.2, -0.15) is 0 Å². The molecule has 0 atom stereocenters. The van der Waals surface area contributed by atoms with Gasteiger partial charge in [0.05, 0.1) is 5.69 Å². The first kappa shape index (κ1) is 20.0. The molecular weight excluding hydrogens is 380 g/mol. The quantitative estimate of drug-likeness (QED) is 0.496. The van der Waals surface area contributed by atoms with Crippen molar-refractivity contribution in [3.8, 4) is 11.4 Å². The fourth-order valence-electron chi connectivity index (χ4n) is 5.05. The third kappa shape index (κ3) is 4.41. The van der Waals surface area contributed by atoms with Crippen LogP contribution in [-0.2, 0) is 19.4 Å². The van der Waals surface area contributed by atoms with Gasteiger partial charge in [0.1, 0.15) is 5.82 Å². The minimum Gasteiger partial charge on any atom is -0.292 e. The number of rotatable bonds is 6. The summed E-state index contributed by atoms with van der Waals surface area (Å²) in [5, 5.41) is 0. The molecule has 158 valence electrons. The SMILES string of the molecule is O=c1c2c(nc(-c3ccc(Cc4ccccc4)cc3)n1CCC1CCCCC1)C=CC2. The van der Waals surface area contributed by atoms with Crippen molar-refractivity contribution in [2.75, 3.05) is 0 Å². The predicted octanol–water partition coefficient (Wildman–Crippen LogP) is 6.04. The summed E-state index contributed by atoms with van der Waals surface area (Å²) in [7, 11) is 0. The van der Waals surface area contributed by atoms with Crippen molar-refractivity contribution in [3.05, 3.63) is 93.4 Å². The van der Waals surface area contributed by atoms with Crippen LogP contribution in [0, 0.1) is 5.92 Å². The zero-order chi connectivity index (χ0) is 21.0. The number of hydrogen-bond donors (Lipinski definition) is 0. The van der Waals surface area contributed by atoms with E-state index in [0.717, 1.165) is 47.9 Å². The van der Waals surface area contributed by atoms with Crippen LogP contribution in [0.1, 0.15) is 60.9 Å². The maximum Gasteiger partial charge on any atom is 0.257 e. The largest absolute Gasteiger partial charge is 0.292 e. The highest BCUT2D eigenvalue weighted by Crippen LogP contribution is 2.28. The maximum absolute atomic E-state index is 13.3. The van der Waals surface area contributed by atoms with Crippen molar-refractivity contribution in [1.82, 2.24) is 9.55 Å². The third-order valence-electron chi connectivity index (χ3n) is 6.84. The highest BCUT2D eigenvalue weighted by atomic mass is 16.1. The van der Waals surface area contributed by atoms with Crippen LogP contribution in [0.4, 0.5) is 0 Å². The van der Waals surface area contributed by atoms with Gasteiger partial charge in [-0.3, -0.25) is 9.36 Å². The Morgan fingerprint density at radius 3 is 2.42 bits per heavy atom. The first-order chi connectivity index (χ1) is 15.3. The van der Waals surface area contributed by atoms with Gasteiger partial charge in [-0.15, -0.1) is 0 Å². The van der Waals surface area contributed by atoms with Crippen LogP contribution >= 0.6 is 0 Å². The predicted molar refractivity (Wildman–Crippen MR) is 127 cm³/mol. The molecule has 0 bridgehead atoms. The van der Waals surface area contributed by atoms with Gasteiger partial charge in [0, 0.05) is 17.7 Å². The molecule has 1 heterocycles. The van der Waals surface area contributed by atoms with Crippen molar-refractivity contribution in [3.63, 3.8) is 0 Å². The van der Waals surface area contributed by atoms with Gasteiger partial charge in [0.2, 0.25) is 0 Å². The van der Waals surface area contributed by atoms with E-state index in [1.54, 1.807) is 0 Å². The number of aromatic nitrogens is 2. The third-order valence-corrected chi connectivity index (χ3v) is 6.84. The lowest BCUT2D eigenvalue weighted by atomic mass is 9.87. The smallest absolute Gasteiger partial charge is 0.257 e. The van der Waals surface area contributed by atoms with E-state index in [1.807, 2.05) is 16.7 Å². The van der Waals surface area contributed by atoms with E-state index >= 15 is 0 Å². The minimum absolute atomic E-state index is 0.147. The zero-order valence-electron chi connectivity index (χ0n) is 18.1. The van der Waals surface area contributed by atoms with E-state index in [-0.39, 0.29) is 5.56 Å². The Labute approximate surface area is 184 Å². The second-order valence-electron chi connectivity index (χ2n) is 9.01. The van der Waals surface area contributed by atoms with Crippen molar-refractivity contribution in [2.24, 2.45) is 5.92 Å². The summed E-state index contributed by atoms with van der Waals surface area (Å²) < 4.78 is 1.95. The fourth-order valence-corrected chi connectivity index (χ4v) is 5.05. The Morgan fingerprint density at radius 1 is 0.903 bits per heavy atom. The van der Waals surface area contributed by atoms with Crippen LogP contribution in [-0.4, -0.2) is 9.55 Å². The molecule has 0 N–H and O–H groups in total. The van der Waals surface area contributed by atoms with Crippen molar-refractivity contribution >= 4 is 6.08 Å². The average Bonchev–Trinajstić information content (AvgIpc) is 3.29. The number of fused-ring (bicyclic) bond motifs is 1. The van der Waals surface area contributed by atoms with Crippen LogP contribution in [0.5, 0.6) is 0 Å². The number of hydrogen-bond acceptors (Lipinski definition) is 2. The molecule has 0 spiro atoms. The summed E-state index contributed by atoms with van der Waals surface area (Å²) in [6.45, 7) is 0.769. The van der Waals surface area contributed by atoms with Crippen LogP contribution in [0.3, 0.4) is 0 Å². The summed E-state index contributed by atoms with van der Waals surface area (Å²) in [5.41, 5.74) is 5.46. The highest BCUT2D eigenvalue weighted by molar-refractivity contribution is 5.62. The lowest BCUT2D eigenvalue weighted by molar-refractivity contribution is 0.322. The molecule has 3 heteroatoms. The molecule has 5 rings (SSSR count). The molecule has 0 unspecified atom stereocenters. The second-order valence-corrected chi connectivity index (χ2v) is 9.01. The lowest BCUT2D eigenvalue weighted by Gasteiger charge is -2.23. The molecule has 1 aromatic heterocycles. The van der Waals surface area contributed by atoms with Crippen molar-refractivity contribution in [1.29, 1.82) is 0 Å². The molecule has 1 saturated carbocycles. The van der Waals surface area contributed by atoms with Crippen LogP contribution in [0.2, 0.25) is 0 Å². The summed E-state index contributed by atoms with van der Waals surface area (Å²) in [5.74, 6) is 1.56. The van der Waals surface area contributed by atoms with E-state index in [4.69, 9.17) is 4.98 Å². The van der Waals surface area contributed by atoms with E-state index in [9.17, 15) is 4.79 Å². The lowest BCUT2D eigenvalue weighted by Crippen LogP contribution is -2.28. The maximum atomic E-state index is 13.3. The molecule has 2 aliphatic rings. The highest BCUT2D eigenvalue weighted by Gasteiger charge is 2.20. The summed E-state index contributed by atoms with van der Waals surface area (Å²) in [4.78, 5) is 18.3. The van der Waals surface area contributed by atoms with Crippen molar-refractivity contribution in [2.45, 2.75) is 57.9 Å². The Hall–Kier alpha value is -2.94. The Balaban J connectivity index is 1.43. The first-order valence-electron chi connectivity index (χ1n) is 11.7. The molecule has 1 fully saturated rings. The molecular formula is C28H30N2O. The van der Waals surface area contributed by atoms with Crippen LogP contribution in [0.25, 0.3) is 17.5 Å². The summed E-state index contributed by atoms with van der Waals surface area (Å²) >= 11 is 0. The molecule has 3 nitrogen and oxygen atoms in total. The average molecular weight is 411 g/mol. The normalized spacial score (nSPS) is 15.9. The Morgan fingerprint density at radius 2 is 1.65 bits per heavy atom. The van der Waals surface area contributed by atoms with Gasteiger partial charge >= 0.3 is 0 Å². The fraction of sp³-hybridized carbons (Fsp3) is 0.357. The van der Waals surface area contributed by atoms with Crippen molar-refractivity contribution < 1.29 is 0 Å². The van der Waals surface area contributed by atoms with Gasteiger partial charge in [0.15, 0.2) is 0 Å². The first-order valence-corrected chi connectivity index (χ1v) is 11.7. The van der Waals surface area contributed by atoms with Gasteiger partial charge in [-0.25, -0.2) is 4.98 Å². The van der Waals surface area contributed by atoms with Gasteiger partial charge in [-0.05, 0) is 42.4 Å². The van der Waals surface area contributed by atoms with E-state index in [1.165, 1.54) is 43.2 Å². The van der Waals surface area contributed by atoms with Gasteiger partial charge < -0.3 is 0 Å². The number of nitrogens with zero attached hydrogens (tertiary/aromatic N) is 2. The van der Waals surface area contributed by atoms with E-state index < -0.39 is 0 Å². The van der Waals surface area contributed by atoms with Crippen LogP contribution < -0.4 is 5.56 Å². The molecule has 0 aliphatic heterocycles. The molecule has 2 aromatic carbocycles. The molecule has 0 saturated heterocycles. The topological polar surface area (TPSA) is 34.9 Å². The van der Waals surface area contributed by atoms with E-state index in [0.29, 0.717) is 6.42 Å². The van der Waals surface area contributed by atoms with Gasteiger partial charge in [0.25, 0.3) is 5.56 Å². The number of allylic oxidation sites excluding steroid dienone is 1. The Kier molecular flexibility index (Phi) is 5.84. The summed E-state index contributed by atoms with van der Waals surface area (Å²) in [6, 6.07) is 19.1. The Bertz CT molecular complexity index is 1120. The standard InChI is InChI=1S/C28H30N2O/c31-28-25-12-7-13-26(25)29-27(30(28)19-18-21-8-3-1-4-9-21)24-16-14-23(15-17-24)20-22-10-5-2-6-11-22/h2,5-7,10-11,13-17,21H,1,3-4,8-9,12,18-20H2. The monoisotopic (exact) mass is 410 g/mol.